The molecule has 100 valence electrons. The number of carbonyl (C=O) groups is 1. The summed E-state index contributed by atoms with van der Waals surface area (Å²) in [6.45, 7) is 2.54. The van der Waals surface area contributed by atoms with Crippen LogP contribution in [-0.4, -0.2) is 46.6 Å². The summed E-state index contributed by atoms with van der Waals surface area (Å²) in [4.78, 5) is 31.3. The number of nitrogens with zero attached hydrogens (tertiary/aromatic N) is 2. The molecular formula is C12H19N3O3. The van der Waals surface area contributed by atoms with Crippen LogP contribution in [0.5, 0.6) is 0 Å². The number of aromatic nitrogens is 2. The number of likely N-dealkylation sites (N-methyl/N-ethyl adjacent to an activating group) is 1. The second-order valence-corrected chi connectivity index (χ2v) is 4.52. The first kappa shape index (κ1) is 14.4. The molecule has 1 heterocycles. The van der Waals surface area contributed by atoms with Gasteiger partial charge in [-0.25, -0.2) is 4.98 Å². The van der Waals surface area contributed by atoms with Crippen LogP contribution in [0, 0.1) is 6.92 Å². The molecule has 0 amide bonds. The molecule has 0 aliphatic carbocycles. The summed E-state index contributed by atoms with van der Waals surface area (Å²) in [5, 5.41) is 8.62. The van der Waals surface area contributed by atoms with Crippen molar-refractivity contribution in [3.8, 4) is 0 Å². The van der Waals surface area contributed by atoms with Crippen LogP contribution in [0.3, 0.4) is 0 Å². The minimum Gasteiger partial charge on any atom is -0.481 e. The summed E-state index contributed by atoms with van der Waals surface area (Å²) in [5.41, 5.74) is 0.859. The SMILES string of the molecule is Cc1nc(CCN(C)C)[nH]c(=O)c1CCC(=O)O. The highest BCUT2D eigenvalue weighted by Gasteiger charge is 2.10. The van der Waals surface area contributed by atoms with E-state index in [1.165, 1.54) is 0 Å². The van der Waals surface area contributed by atoms with Gasteiger partial charge in [-0.1, -0.05) is 0 Å². The molecule has 0 fully saturated rings. The molecule has 1 aromatic rings. The quantitative estimate of drug-likeness (QED) is 0.756. The van der Waals surface area contributed by atoms with Gasteiger partial charge in [-0.3, -0.25) is 9.59 Å². The number of rotatable bonds is 6. The fourth-order valence-electron chi connectivity index (χ4n) is 1.64. The summed E-state index contributed by atoms with van der Waals surface area (Å²) in [6, 6.07) is 0. The number of aliphatic carboxylic acids is 1. The Hall–Kier alpha value is -1.69. The third-order valence-corrected chi connectivity index (χ3v) is 2.66. The zero-order chi connectivity index (χ0) is 13.7. The number of aryl methyl sites for hydroxylation is 1. The van der Waals surface area contributed by atoms with Crippen LogP contribution in [0.15, 0.2) is 4.79 Å². The summed E-state index contributed by atoms with van der Waals surface area (Å²) in [7, 11) is 3.90. The fraction of sp³-hybridized carbons (Fsp3) is 0.583. The zero-order valence-corrected chi connectivity index (χ0v) is 11.0. The van der Waals surface area contributed by atoms with Crippen molar-refractivity contribution < 1.29 is 9.90 Å². The molecule has 18 heavy (non-hydrogen) atoms. The number of carboxylic acids is 1. The van der Waals surface area contributed by atoms with E-state index < -0.39 is 5.97 Å². The van der Waals surface area contributed by atoms with Crippen molar-refractivity contribution in [1.82, 2.24) is 14.9 Å². The number of nitrogens with one attached hydrogen (secondary N) is 1. The Morgan fingerprint density at radius 1 is 1.39 bits per heavy atom. The van der Waals surface area contributed by atoms with Gasteiger partial charge in [-0.05, 0) is 27.4 Å². The van der Waals surface area contributed by atoms with Crippen molar-refractivity contribution in [3.63, 3.8) is 0 Å². The van der Waals surface area contributed by atoms with Crippen LogP contribution in [0.1, 0.15) is 23.5 Å². The predicted molar refractivity (Wildman–Crippen MR) is 67.8 cm³/mol. The average Bonchev–Trinajstić information content (AvgIpc) is 2.24. The molecule has 0 spiro atoms. The van der Waals surface area contributed by atoms with E-state index in [1.807, 2.05) is 19.0 Å². The van der Waals surface area contributed by atoms with Crippen LogP contribution in [0.4, 0.5) is 0 Å². The highest BCUT2D eigenvalue weighted by Crippen LogP contribution is 2.03. The zero-order valence-electron chi connectivity index (χ0n) is 11.0. The van der Waals surface area contributed by atoms with Crippen molar-refractivity contribution in [3.05, 3.63) is 27.4 Å². The van der Waals surface area contributed by atoms with E-state index in [4.69, 9.17) is 5.11 Å². The van der Waals surface area contributed by atoms with E-state index in [2.05, 4.69) is 9.97 Å². The van der Waals surface area contributed by atoms with Gasteiger partial charge in [0.1, 0.15) is 5.82 Å². The molecule has 0 aliphatic heterocycles. The maximum atomic E-state index is 11.8. The first-order valence-electron chi connectivity index (χ1n) is 5.85. The molecule has 2 N–H and O–H groups in total. The van der Waals surface area contributed by atoms with Crippen LogP contribution in [0.25, 0.3) is 0 Å². The van der Waals surface area contributed by atoms with E-state index >= 15 is 0 Å². The molecule has 0 saturated heterocycles. The summed E-state index contributed by atoms with van der Waals surface area (Å²) in [6.07, 6.45) is 0.836. The molecule has 0 aliphatic rings. The lowest BCUT2D eigenvalue weighted by atomic mass is 10.1. The maximum Gasteiger partial charge on any atom is 0.303 e. The Morgan fingerprint density at radius 3 is 2.56 bits per heavy atom. The van der Waals surface area contributed by atoms with Gasteiger partial charge in [0.25, 0.3) is 5.56 Å². The van der Waals surface area contributed by atoms with E-state index in [0.717, 1.165) is 6.54 Å². The molecule has 6 nitrogen and oxygen atoms in total. The Balaban J connectivity index is 2.84. The Morgan fingerprint density at radius 2 is 2.06 bits per heavy atom. The Bertz CT molecular complexity index is 480. The molecule has 6 heteroatoms. The van der Waals surface area contributed by atoms with Crippen LogP contribution in [-0.2, 0) is 17.6 Å². The van der Waals surface area contributed by atoms with Gasteiger partial charge in [0.05, 0.1) is 0 Å². The number of carboxylic acid groups (broad SMARTS) is 1. The van der Waals surface area contributed by atoms with Gasteiger partial charge in [-0.2, -0.15) is 0 Å². The van der Waals surface area contributed by atoms with Gasteiger partial charge >= 0.3 is 5.97 Å². The maximum absolute atomic E-state index is 11.8. The molecule has 0 radical (unpaired) electrons. The van der Waals surface area contributed by atoms with E-state index in [1.54, 1.807) is 6.92 Å². The monoisotopic (exact) mass is 253 g/mol. The highest BCUT2D eigenvalue weighted by atomic mass is 16.4. The van der Waals surface area contributed by atoms with Crippen molar-refractivity contribution >= 4 is 5.97 Å². The minimum atomic E-state index is -0.912. The predicted octanol–water partition coefficient (Wildman–Crippen LogP) is 0.200. The standard InChI is InChI=1S/C12H19N3O3/c1-8-9(4-5-11(16)17)12(18)14-10(13-8)6-7-15(2)3/h4-7H2,1-3H3,(H,16,17)(H,13,14,18). The lowest BCUT2D eigenvalue weighted by molar-refractivity contribution is -0.136. The number of aromatic amines is 1. The molecular weight excluding hydrogens is 234 g/mol. The van der Waals surface area contributed by atoms with Crippen molar-refractivity contribution in [2.45, 2.75) is 26.2 Å². The smallest absolute Gasteiger partial charge is 0.303 e. The largest absolute Gasteiger partial charge is 0.481 e. The molecule has 1 aromatic heterocycles. The Kier molecular flexibility index (Phi) is 5.03. The average molecular weight is 253 g/mol. The topological polar surface area (TPSA) is 86.3 Å². The molecule has 1 rings (SSSR count). The minimum absolute atomic E-state index is 0.0529. The van der Waals surface area contributed by atoms with Gasteiger partial charge < -0.3 is 15.0 Å². The van der Waals surface area contributed by atoms with Crippen LogP contribution < -0.4 is 5.56 Å². The number of H-pyrrole nitrogens is 1. The first-order chi connectivity index (χ1) is 8.40. The van der Waals surface area contributed by atoms with Gasteiger partial charge in [-0.15, -0.1) is 0 Å². The third-order valence-electron chi connectivity index (χ3n) is 2.66. The van der Waals surface area contributed by atoms with E-state index in [9.17, 15) is 9.59 Å². The first-order valence-corrected chi connectivity index (χ1v) is 5.85. The number of hydrogen-bond donors (Lipinski definition) is 2. The Labute approximate surface area is 106 Å². The molecule has 0 bridgehead atoms. The van der Waals surface area contributed by atoms with Gasteiger partial charge in [0.15, 0.2) is 0 Å². The van der Waals surface area contributed by atoms with Gasteiger partial charge in [0.2, 0.25) is 0 Å². The van der Waals surface area contributed by atoms with E-state index in [0.29, 0.717) is 23.5 Å². The number of hydrogen-bond acceptors (Lipinski definition) is 4. The van der Waals surface area contributed by atoms with Crippen LogP contribution >= 0.6 is 0 Å². The summed E-state index contributed by atoms with van der Waals surface area (Å²) < 4.78 is 0. The lowest BCUT2D eigenvalue weighted by Gasteiger charge is -2.10. The lowest BCUT2D eigenvalue weighted by Crippen LogP contribution is -2.23. The second-order valence-electron chi connectivity index (χ2n) is 4.52. The van der Waals surface area contributed by atoms with Crippen LogP contribution in [0.2, 0.25) is 0 Å². The molecule has 0 unspecified atom stereocenters. The van der Waals surface area contributed by atoms with Gasteiger partial charge in [0, 0.05) is 30.6 Å². The second kappa shape index (κ2) is 6.30. The van der Waals surface area contributed by atoms with E-state index in [-0.39, 0.29) is 18.4 Å². The fourth-order valence-corrected chi connectivity index (χ4v) is 1.64. The third kappa shape index (κ3) is 4.29. The normalized spacial score (nSPS) is 10.9. The summed E-state index contributed by atoms with van der Waals surface area (Å²) >= 11 is 0. The van der Waals surface area contributed by atoms with Crippen molar-refractivity contribution in [2.75, 3.05) is 20.6 Å². The molecule has 0 atom stereocenters. The highest BCUT2D eigenvalue weighted by molar-refractivity contribution is 5.67. The molecule has 0 aromatic carbocycles. The van der Waals surface area contributed by atoms with Crippen molar-refractivity contribution in [1.29, 1.82) is 0 Å². The molecule has 0 saturated carbocycles. The van der Waals surface area contributed by atoms with Crippen molar-refractivity contribution in [2.24, 2.45) is 0 Å². The summed E-state index contributed by atoms with van der Waals surface area (Å²) in [5.74, 6) is -0.268.